The quantitative estimate of drug-likeness (QED) is 0.840. The number of halogens is 3. The van der Waals surface area contributed by atoms with Gasteiger partial charge >= 0.3 is 6.18 Å². The van der Waals surface area contributed by atoms with E-state index in [4.69, 9.17) is 5.26 Å². The van der Waals surface area contributed by atoms with Crippen molar-refractivity contribution in [3.63, 3.8) is 0 Å². The molecule has 1 aliphatic rings. The molecule has 1 aromatic carbocycles. The molecule has 2 rings (SSSR count). The van der Waals surface area contributed by atoms with Gasteiger partial charge in [0.05, 0.1) is 16.8 Å². The predicted octanol–water partition coefficient (Wildman–Crippen LogP) is 3.11. The zero-order chi connectivity index (χ0) is 15.6. The van der Waals surface area contributed by atoms with Crippen molar-refractivity contribution in [1.29, 1.82) is 5.26 Å². The molecule has 1 unspecified atom stereocenters. The average molecular weight is 297 g/mol. The molecule has 6 heteroatoms. The highest BCUT2D eigenvalue weighted by Crippen LogP contribution is 2.33. The van der Waals surface area contributed by atoms with Gasteiger partial charge in [-0.25, -0.2) is 0 Å². The van der Waals surface area contributed by atoms with E-state index in [-0.39, 0.29) is 5.56 Å². The molecule has 0 aliphatic carbocycles. The summed E-state index contributed by atoms with van der Waals surface area (Å²) in [6.45, 7) is 7.42. The fourth-order valence-corrected chi connectivity index (χ4v) is 2.76. The molecule has 0 radical (unpaired) electrons. The van der Waals surface area contributed by atoms with Crippen LogP contribution in [-0.4, -0.2) is 37.1 Å². The highest BCUT2D eigenvalue weighted by atomic mass is 19.4. The predicted molar refractivity (Wildman–Crippen MR) is 75.1 cm³/mol. The van der Waals surface area contributed by atoms with Gasteiger partial charge in [-0.05, 0) is 31.7 Å². The van der Waals surface area contributed by atoms with Crippen molar-refractivity contribution in [2.24, 2.45) is 0 Å². The van der Waals surface area contributed by atoms with Gasteiger partial charge in [0.1, 0.15) is 6.07 Å². The second-order valence-corrected chi connectivity index (χ2v) is 5.27. The van der Waals surface area contributed by atoms with Crippen LogP contribution in [0, 0.1) is 11.3 Å². The van der Waals surface area contributed by atoms with Gasteiger partial charge in [-0.1, -0.05) is 6.92 Å². The smallest absolute Gasteiger partial charge is 0.368 e. The fraction of sp³-hybridized carbons (Fsp3) is 0.533. The van der Waals surface area contributed by atoms with Crippen LogP contribution in [0.25, 0.3) is 0 Å². The van der Waals surface area contributed by atoms with Crippen LogP contribution in [0.1, 0.15) is 25.0 Å². The van der Waals surface area contributed by atoms with E-state index in [1.54, 1.807) is 0 Å². The molecule has 0 bridgehead atoms. The third-order valence-electron chi connectivity index (χ3n) is 3.96. The van der Waals surface area contributed by atoms with Crippen LogP contribution in [0.2, 0.25) is 0 Å². The summed E-state index contributed by atoms with van der Waals surface area (Å²) in [7, 11) is 0. The molecule has 0 amide bonds. The van der Waals surface area contributed by atoms with Crippen molar-refractivity contribution in [3.8, 4) is 6.07 Å². The van der Waals surface area contributed by atoms with E-state index in [2.05, 4.69) is 18.7 Å². The molecular formula is C15H18F3N3. The number of rotatable bonds is 2. The summed E-state index contributed by atoms with van der Waals surface area (Å²) in [4.78, 5) is 4.31. The van der Waals surface area contributed by atoms with Gasteiger partial charge in [0.25, 0.3) is 0 Å². The summed E-state index contributed by atoms with van der Waals surface area (Å²) in [5.41, 5.74) is -0.0990. The monoisotopic (exact) mass is 297 g/mol. The van der Waals surface area contributed by atoms with E-state index >= 15 is 0 Å². The van der Waals surface area contributed by atoms with Crippen LogP contribution in [0.3, 0.4) is 0 Å². The molecule has 1 saturated heterocycles. The summed E-state index contributed by atoms with van der Waals surface area (Å²) in [5, 5.41) is 9.15. The van der Waals surface area contributed by atoms with E-state index in [9.17, 15) is 13.2 Å². The maximum Gasteiger partial charge on any atom is 0.416 e. The first-order valence-corrected chi connectivity index (χ1v) is 6.97. The third kappa shape index (κ3) is 3.30. The van der Waals surface area contributed by atoms with Gasteiger partial charge in [0.15, 0.2) is 0 Å². The number of hydrogen-bond donors (Lipinski definition) is 0. The Bertz CT molecular complexity index is 548. The Labute approximate surface area is 122 Å². The van der Waals surface area contributed by atoms with Crippen molar-refractivity contribution in [1.82, 2.24) is 4.90 Å². The van der Waals surface area contributed by atoms with Crippen molar-refractivity contribution >= 4 is 5.69 Å². The van der Waals surface area contributed by atoms with Crippen molar-refractivity contribution in [3.05, 3.63) is 29.3 Å². The van der Waals surface area contributed by atoms with E-state index in [1.807, 2.05) is 11.0 Å². The average Bonchev–Trinajstić information content (AvgIpc) is 2.45. The lowest BCUT2D eigenvalue weighted by Crippen LogP contribution is -2.51. The third-order valence-corrected chi connectivity index (χ3v) is 3.96. The first kappa shape index (κ1) is 15.6. The number of likely N-dealkylation sites (N-methyl/N-ethyl adjacent to an activating group) is 1. The number of benzene rings is 1. The van der Waals surface area contributed by atoms with Crippen LogP contribution in [-0.2, 0) is 6.18 Å². The highest BCUT2D eigenvalue weighted by Gasteiger charge is 2.32. The minimum absolute atomic E-state index is 0.0852. The minimum Gasteiger partial charge on any atom is -0.368 e. The number of hydrogen-bond acceptors (Lipinski definition) is 3. The molecule has 114 valence electrons. The normalized spacial score (nSPS) is 20.4. The molecule has 0 N–H and O–H groups in total. The minimum atomic E-state index is -4.42. The van der Waals surface area contributed by atoms with E-state index < -0.39 is 11.7 Å². The Morgan fingerprint density at radius 2 is 2.05 bits per heavy atom. The summed E-state index contributed by atoms with van der Waals surface area (Å²) in [6.07, 6.45) is -4.42. The Morgan fingerprint density at radius 1 is 1.33 bits per heavy atom. The maximum absolute atomic E-state index is 12.7. The molecule has 0 aromatic heterocycles. The van der Waals surface area contributed by atoms with Gasteiger partial charge in [-0.3, -0.25) is 4.90 Å². The van der Waals surface area contributed by atoms with Gasteiger partial charge in [0.2, 0.25) is 0 Å². The zero-order valence-corrected chi connectivity index (χ0v) is 12.1. The lowest BCUT2D eigenvalue weighted by molar-refractivity contribution is -0.137. The molecular weight excluding hydrogens is 279 g/mol. The SMILES string of the molecule is CCN1CCN(c2ccc(C(F)(F)F)cc2C#N)CC1C. The highest BCUT2D eigenvalue weighted by molar-refractivity contribution is 5.61. The molecule has 1 atom stereocenters. The molecule has 3 nitrogen and oxygen atoms in total. The van der Waals surface area contributed by atoms with E-state index in [1.165, 1.54) is 6.07 Å². The summed E-state index contributed by atoms with van der Waals surface area (Å²) < 4.78 is 38.1. The number of nitriles is 1. The largest absolute Gasteiger partial charge is 0.416 e. The van der Waals surface area contributed by atoms with Crippen molar-refractivity contribution < 1.29 is 13.2 Å². The molecule has 0 saturated carbocycles. The standard InChI is InChI=1S/C15H18F3N3/c1-3-20-6-7-21(10-11(20)2)14-5-4-13(15(16,17)18)8-12(14)9-19/h4-5,8,11H,3,6-7,10H2,1-2H3. The molecule has 1 aromatic rings. The lowest BCUT2D eigenvalue weighted by Gasteiger charge is -2.40. The number of alkyl halides is 3. The van der Waals surface area contributed by atoms with Crippen LogP contribution in [0.4, 0.5) is 18.9 Å². The second-order valence-electron chi connectivity index (χ2n) is 5.27. The van der Waals surface area contributed by atoms with E-state index in [0.29, 0.717) is 18.3 Å². The number of anilines is 1. The molecule has 1 fully saturated rings. The van der Waals surface area contributed by atoms with Gasteiger partial charge in [-0.2, -0.15) is 18.4 Å². The van der Waals surface area contributed by atoms with Crippen LogP contribution >= 0.6 is 0 Å². The van der Waals surface area contributed by atoms with Crippen LogP contribution < -0.4 is 4.90 Å². The number of nitrogens with zero attached hydrogens (tertiary/aromatic N) is 3. The number of piperazine rings is 1. The lowest BCUT2D eigenvalue weighted by atomic mass is 10.1. The molecule has 1 heterocycles. The summed E-state index contributed by atoms with van der Waals surface area (Å²) in [5.74, 6) is 0. The van der Waals surface area contributed by atoms with Gasteiger partial charge in [-0.15, -0.1) is 0 Å². The Hall–Kier alpha value is -1.74. The Morgan fingerprint density at radius 3 is 2.57 bits per heavy atom. The first-order chi connectivity index (χ1) is 9.86. The zero-order valence-electron chi connectivity index (χ0n) is 12.1. The summed E-state index contributed by atoms with van der Waals surface area (Å²) in [6, 6.07) is 5.61. The summed E-state index contributed by atoms with van der Waals surface area (Å²) >= 11 is 0. The fourth-order valence-electron chi connectivity index (χ4n) is 2.76. The second kappa shape index (κ2) is 5.94. The van der Waals surface area contributed by atoms with Gasteiger partial charge in [0, 0.05) is 25.7 Å². The topological polar surface area (TPSA) is 30.3 Å². The Balaban J connectivity index is 2.27. The van der Waals surface area contributed by atoms with E-state index in [0.717, 1.165) is 31.8 Å². The maximum atomic E-state index is 12.7. The van der Waals surface area contributed by atoms with Crippen molar-refractivity contribution in [2.75, 3.05) is 31.1 Å². The first-order valence-electron chi connectivity index (χ1n) is 6.97. The molecule has 1 aliphatic heterocycles. The van der Waals surface area contributed by atoms with Crippen LogP contribution in [0.5, 0.6) is 0 Å². The Kier molecular flexibility index (Phi) is 4.43. The van der Waals surface area contributed by atoms with Crippen LogP contribution in [0.15, 0.2) is 18.2 Å². The van der Waals surface area contributed by atoms with Gasteiger partial charge < -0.3 is 4.90 Å². The molecule has 0 spiro atoms. The van der Waals surface area contributed by atoms with Crippen molar-refractivity contribution in [2.45, 2.75) is 26.1 Å². The molecule has 21 heavy (non-hydrogen) atoms.